The molecule has 0 aromatic heterocycles. The molecule has 0 rings (SSSR count). The fourth-order valence-corrected chi connectivity index (χ4v) is 1.88. The Hall–Kier alpha value is -0.160. The number of rotatable bonds is 16. The Kier molecular flexibility index (Phi) is 15.6. The second-order valence-electron chi connectivity index (χ2n) is 6.10. The van der Waals surface area contributed by atoms with Gasteiger partial charge in [-0.15, -0.1) is 0 Å². The third-order valence-electron chi connectivity index (χ3n) is 3.38. The summed E-state index contributed by atoms with van der Waals surface area (Å²) >= 11 is 0. The van der Waals surface area contributed by atoms with Crippen molar-refractivity contribution in [1.29, 1.82) is 0 Å². The first-order chi connectivity index (χ1) is 10.6. The van der Waals surface area contributed by atoms with Gasteiger partial charge in [-0.2, -0.15) is 0 Å². The van der Waals surface area contributed by atoms with Crippen LogP contribution in [0.2, 0.25) is 0 Å². The van der Waals surface area contributed by atoms with E-state index in [0.717, 1.165) is 32.5 Å². The highest BCUT2D eigenvalue weighted by Crippen LogP contribution is 2.02. The first-order valence-corrected chi connectivity index (χ1v) is 9.02. The highest BCUT2D eigenvalue weighted by Gasteiger charge is 2.09. The predicted molar refractivity (Wildman–Crippen MR) is 91.5 cm³/mol. The predicted octanol–water partition coefficient (Wildman–Crippen LogP) is 4.21. The van der Waals surface area contributed by atoms with Crippen LogP contribution in [0.3, 0.4) is 0 Å². The van der Waals surface area contributed by atoms with E-state index in [9.17, 15) is 0 Å². The largest absolute Gasteiger partial charge is 0.379 e. The number of ether oxygens (including phenoxy) is 4. The van der Waals surface area contributed by atoms with Gasteiger partial charge >= 0.3 is 0 Å². The zero-order valence-corrected chi connectivity index (χ0v) is 15.4. The van der Waals surface area contributed by atoms with Gasteiger partial charge in [-0.05, 0) is 33.6 Å². The van der Waals surface area contributed by atoms with Gasteiger partial charge in [-0.1, -0.05) is 33.1 Å². The van der Waals surface area contributed by atoms with Crippen LogP contribution in [0.15, 0.2) is 0 Å². The Morgan fingerprint density at radius 1 is 0.591 bits per heavy atom. The normalized spacial score (nSPS) is 15.7. The van der Waals surface area contributed by atoms with Gasteiger partial charge in [0.15, 0.2) is 0 Å². The van der Waals surface area contributed by atoms with Gasteiger partial charge in [0.2, 0.25) is 0 Å². The molecule has 134 valence electrons. The lowest BCUT2D eigenvalue weighted by Crippen LogP contribution is -2.26. The van der Waals surface area contributed by atoms with Crippen LogP contribution in [0.5, 0.6) is 0 Å². The lowest BCUT2D eigenvalue weighted by Gasteiger charge is -2.20. The summed E-state index contributed by atoms with van der Waals surface area (Å²) in [5.41, 5.74) is 0. The minimum Gasteiger partial charge on any atom is -0.379 e. The topological polar surface area (TPSA) is 36.9 Å². The molecule has 0 aliphatic rings. The molecule has 0 amide bonds. The second-order valence-corrected chi connectivity index (χ2v) is 6.10. The molecule has 0 saturated heterocycles. The van der Waals surface area contributed by atoms with Gasteiger partial charge in [-0.25, -0.2) is 0 Å². The average Bonchev–Trinajstić information content (AvgIpc) is 2.51. The average molecular weight is 318 g/mol. The molecule has 4 nitrogen and oxygen atoms in total. The molecule has 0 saturated carbocycles. The summed E-state index contributed by atoms with van der Waals surface area (Å²) in [4.78, 5) is 0. The quantitative estimate of drug-likeness (QED) is 0.400. The van der Waals surface area contributed by atoms with Crippen molar-refractivity contribution < 1.29 is 18.9 Å². The highest BCUT2D eigenvalue weighted by atomic mass is 16.6. The lowest BCUT2D eigenvalue weighted by molar-refractivity contribution is -0.0801. The Morgan fingerprint density at radius 3 is 1.73 bits per heavy atom. The molecular weight excluding hydrogens is 280 g/mol. The van der Waals surface area contributed by atoms with Crippen molar-refractivity contribution in [3.05, 3.63) is 0 Å². The molecule has 0 aliphatic heterocycles. The molecule has 0 N–H and O–H groups in total. The van der Waals surface area contributed by atoms with E-state index in [4.69, 9.17) is 18.9 Å². The second kappa shape index (κ2) is 15.7. The van der Waals surface area contributed by atoms with Gasteiger partial charge in [0.25, 0.3) is 0 Å². The van der Waals surface area contributed by atoms with Crippen LogP contribution in [-0.2, 0) is 18.9 Å². The summed E-state index contributed by atoms with van der Waals surface area (Å²) in [5, 5.41) is 0. The minimum absolute atomic E-state index is 0.0831. The zero-order chi connectivity index (χ0) is 16.6. The van der Waals surface area contributed by atoms with E-state index in [1.54, 1.807) is 0 Å². The van der Waals surface area contributed by atoms with E-state index in [2.05, 4.69) is 20.8 Å². The molecule has 22 heavy (non-hydrogen) atoms. The molecule has 0 radical (unpaired) electrons. The summed E-state index contributed by atoms with van der Waals surface area (Å²) in [6.45, 7) is 14.0. The first-order valence-electron chi connectivity index (χ1n) is 9.02. The van der Waals surface area contributed by atoms with Crippen molar-refractivity contribution >= 4 is 0 Å². The Bertz CT molecular complexity index is 223. The maximum absolute atomic E-state index is 5.75. The van der Waals surface area contributed by atoms with Gasteiger partial charge < -0.3 is 18.9 Å². The van der Waals surface area contributed by atoms with Gasteiger partial charge in [-0.3, -0.25) is 0 Å². The summed E-state index contributed by atoms with van der Waals surface area (Å²) in [7, 11) is 0. The molecule has 0 aromatic carbocycles. The van der Waals surface area contributed by atoms with Gasteiger partial charge in [0, 0.05) is 13.2 Å². The van der Waals surface area contributed by atoms with Gasteiger partial charge in [0.1, 0.15) is 0 Å². The molecular formula is C18H38O4. The van der Waals surface area contributed by atoms with Crippen LogP contribution in [0.1, 0.15) is 66.7 Å². The third-order valence-corrected chi connectivity index (χ3v) is 3.38. The van der Waals surface area contributed by atoms with E-state index in [1.807, 2.05) is 13.8 Å². The van der Waals surface area contributed by atoms with Crippen molar-refractivity contribution in [1.82, 2.24) is 0 Å². The fourth-order valence-electron chi connectivity index (χ4n) is 1.88. The monoisotopic (exact) mass is 318 g/mol. The molecule has 3 unspecified atom stereocenters. The maximum atomic E-state index is 5.75. The standard InChI is InChI=1S/C18H38O4/c1-6-8-10-11-19-13-16(3)21-15-18(5)22-14-17(4)20-12-9-7-2/h16-18H,6-15H2,1-5H3. The van der Waals surface area contributed by atoms with Crippen LogP contribution in [0.25, 0.3) is 0 Å². The molecule has 4 heteroatoms. The van der Waals surface area contributed by atoms with Crippen LogP contribution >= 0.6 is 0 Å². The van der Waals surface area contributed by atoms with Crippen molar-refractivity contribution in [2.75, 3.05) is 33.0 Å². The highest BCUT2D eigenvalue weighted by molar-refractivity contribution is 4.55. The molecule has 3 atom stereocenters. The number of hydrogen-bond donors (Lipinski definition) is 0. The zero-order valence-electron chi connectivity index (χ0n) is 15.4. The van der Waals surface area contributed by atoms with Crippen molar-refractivity contribution in [2.24, 2.45) is 0 Å². The SMILES string of the molecule is CCCCCOCC(C)OCC(C)OCC(C)OCCCC. The summed E-state index contributed by atoms with van der Waals surface area (Å²) in [5.74, 6) is 0. The Morgan fingerprint density at radius 2 is 1.14 bits per heavy atom. The third kappa shape index (κ3) is 14.8. The summed E-state index contributed by atoms with van der Waals surface area (Å²) < 4.78 is 22.8. The molecule has 0 bridgehead atoms. The molecule has 0 spiro atoms. The fraction of sp³-hybridized carbons (Fsp3) is 1.00. The molecule has 0 heterocycles. The number of hydrogen-bond acceptors (Lipinski definition) is 4. The van der Waals surface area contributed by atoms with Crippen LogP contribution in [-0.4, -0.2) is 51.3 Å². The Labute approximate surface area is 137 Å². The molecule has 0 aromatic rings. The summed E-state index contributed by atoms with van der Waals surface area (Å²) in [6.07, 6.45) is 6.22. The van der Waals surface area contributed by atoms with E-state index in [0.29, 0.717) is 19.8 Å². The van der Waals surface area contributed by atoms with Crippen molar-refractivity contribution in [3.8, 4) is 0 Å². The lowest BCUT2D eigenvalue weighted by atomic mass is 10.3. The number of unbranched alkanes of at least 4 members (excludes halogenated alkanes) is 3. The maximum Gasteiger partial charge on any atom is 0.0781 e. The minimum atomic E-state index is 0.0831. The van der Waals surface area contributed by atoms with E-state index in [-0.39, 0.29) is 18.3 Å². The van der Waals surface area contributed by atoms with E-state index < -0.39 is 0 Å². The smallest absolute Gasteiger partial charge is 0.0781 e. The van der Waals surface area contributed by atoms with Crippen LogP contribution in [0, 0.1) is 0 Å². The van der Waals surface area contributed by atoms with E-state index >= 15 is 0 Å². The van der Waals surface area contributed by atoms with Gasteiger partial charge in [0.05, 0.1) is 38.1 Å². The first kappa shape index (κ1) is 21.8. The van der Waals surface area contributed by atoms with E-state index in [1.165, 1.54) is 12.8 Å². The van der Waals surface area contributed by atoms with Crippen LogP contribution in [0.4, 0.5) is 0 Å². The van der Waals surface area contributed by atoms with Crippen molar-refractivity contribution in [3.63, 3.8) is 0 Å². The molecule has 0 fully saturated rings. The summed E-state index contributed by atoms with van der Waals surface area (Å²) in [6, 6.07) is 0. The molecule has 0 aliphatic carbocycles. The van der Waals surface area contributed by atoms with Crippen molar-refractivity contribution in [2.45, 2.75) is 85.0 Å². The van der Waals surface area contributed by atoms with Crippen LogP contribution < -0.4 is 0 Å². The Balaban J connectivity index is 3.48.